The Balaban J connectivity index is 1.71. The highest BCUT2D eigenvalue weighted by Gasteiger charge is 2.22. The minimum Gasteiger partial charge on any atom is -0.304 e. The van der Waals surface area contributed by atoms with Gasteiger partial charge in [0.15, 0.2) is 0 Å². The van der Waals surface area contributed by atoms with Gasteiger partial charge in [-0.25, -0.2) is 0 Å². The highest BCUT2D eigenvalue weighted by atomic mass is 32.2. The number of hydrogen-bond donors (Lipinski definition) is 2. The molecular formula is C7H14N2S2. The first-order valence-corrected chi connectivity index (χ1v) is 6.25. The van der Waals surface area contributed by atoms with Gasteiger partial charge in [-0.1, -0.05) is 0 Å². The van der Waals surface area contributed by atoms with Crippen molar-refractivity contribution in [2.45, 2.75) is 17.2 Å². The van der Waals surface area contributed by atoms with E-state index in [2.05, 4.69) is 34.2 Å². The van der Waals surface area contributed by atoms with E-state index in [1.54, 1.807) is 0 Å². The van der Waals surface area contributed by atoms with Crippen molar-refractivity contribution in [1.29, 1.82) is 0 Å². The Labute approximate surface area is 76.3 Å². The molecule has 0 radical (unpaired) electrons. The van der Waals surface area contributed by atoms with Gasteiger partial charge in [-0.2, -0.15) is 0 Å². The zero-order valence-electron chi connectivity index (χ0n) is 6.51. The molecule has 0 spiro atoms. The van der Waals surface area contributed by atoms with Gasteiger partial charge >= 0.3 is 0 Å². The summed E-state index contributed by atoms with van der Waals surface area (Å²) < 4.78 is 0. The van der Waals surface area contributed by atoms with E-state index in [-0.39, 0.29) is 0 Å². The van der Waals surface area contributed by atoms with E-state index in [0.29, 0.717) is 0 Å². The fraction of sp³-hybridized carbons (Fsp3) is 1.00. The molecule has 2 aliphatic rings. The highest BCUT2D eigenvalue weighted by molar-refractivity contribution is 8.01. The predicted molar refractivity (Wildman–Crippen MR) is 53.1 cm³/mol. The number of hydrogen-bond acceptors (Lipinski definition) is 4. The van der Waals surface area contributed by atoms with Gasteiger partial charge in [0.1, 0.15) is 0 Å². The van der Waals surface area contributed by atoms with Crippen molar-refractivity contribution in [3.8, 4) is 0 Å². The van der Waals surface area contributed by atoms with Crippen molar-refractivity contribution in [2.75, 3.05) is 24.6 Å². The third kappa shape index (κ3) is 2.28. The fourth-order valence-electron chi connectivity index (χ4n) is 1.46. The van der Waals surface area contributed by atoms with Gasteiger partial charge in [0.2, 0.25) is 0 Å². The second-order valence-electron chi connectivity index (χ2n) is 2.86. The maximum absolute atomic E-state index is 3.49. The maximum atomic E-state index is 3.49. The lowest BCUT2D eigenvalue weighted by Gasteiger charge is -2.14. The van der Waals surface area contributed by atoms with Gasteiger partial charge in [0.25, 0.3) is 0 Å². The van der Waals surface area contributed by atoms with Gasteiger partial charge in [-0.3, -0.25) is 0 Å². The Morgan fingerprint density at radius 2 is 1.55 bits per heavy atom. The smallest absolute Gasteiger partial charge is 0.0556 e. The monoisotopic (exact) mass is 190 g/mol. The van der Waals surface area contributed by atoms with Gasteiger partial charge < -0.3 is 10.6 Å². The van der Waals surface area contributed by atoms with Crippen LogP contribution in [-0.2, 0) is 0 Å². The van der Waals surface area contributed by atoms with E-state index >= 15 is 0 Å². The first kappa shape index (κ1) is 8.23. The zero-order chi connectivity index (χ0) is 7.52. The molecule has 0 saturated carbocycles. The maximum Gasteiger partial charge on any atom is 0.0556 e. The fourth-order valence-corrected chi connectivity index (χ4v) is 3.75. The topological polar surface area (TPSA) is 24.1 Å². The molecule has 0 aliphatic carbocycles. The number of nitrogens with one attached hydrogen (secondary N) is 2. The lowest BCUT2D eigenvalue weighted by Crippen LogP contribution is -2.29. The van der Waals surface area contributed by atoms with Crippen LogP contribution in [0.3, 0.4) is 0 Å². The van der Waals surface area contributed by atoms with Crippen LogP contribution in [0, 0.1) is 0 Å². The Morgan fingerprint density at radius 3 is 1.91 bits per heavy atom. The van der Waals surface area contributed by atoms with Crippen LogP contribution in [0.4, 0.5) is 0 Å². The SMILES string of the molecule is C1CSC(CC2NCCS2)N1. The quantitative estimate of drug-likeness (QED) is 0.669. The van der Waals surface area contributed by atoms with Crippen LogP contribution >= 0.6 is 23.5 Å². The zero-order valence-corrected chi connectivity index (χ0v) is 8.14. The highest BCUT2D eigenvalue weighted by Crippen LogP contribution is 2.25. The predicted octanol–water partition coefficient (Wildman–Crippen LogP) is 0.701. The Kier molecular flexibility index (Phi) is 3.01. The molecule has 2 N–H and O–H groups in total. The molecule has 2 nitrogen and oxygen atoms in total. The van der Waals surface area contributed by atoms with Gasteiger partial charge in [-0.05, 0) is 6.42 Å². The summed E-state index contributed by atoms with van der Waals surface area (Å²) in [6.07, 6.45) is 1.29. The Morgan fingerprint density at radius 1 is 1.00 bits per heavy atom. The summed E-state index contributed by atoms with van der Waals surface area (Å²) in [6.45, 7) is 2.40. The van der Waals surface area contributed by atoms with Crippen molar-refractivity contribution in [2.24, 2.45) is 0 Å². The van der Waals surface area contributed by atoms with Crippen LogP contribution in [0.25, 0.3) is 0 Å². The van der Waals surface area contributed by atoms with E-state index in [1.165, 1.54) is 31.0 Å². The first-order chi connectivity index (χ1) is 5.45. The standard InChI is InChI=1S/C7H14N2S2/c1-3-10-6(8-1)5-7-9-2-4-11-7/h6-9H,1-5H2. The molecule has 2 fully saturated rings. The van der Waals surface area contributed by atoms with Crippen LogP contribution in [0.1, 0.15) is 6.42 Å². The minimum atomic E-state index is 0.720. The molecule has 0 bridgehead atoms. The summed E-state index contributed by atoms with van der Waals surface area (Å²) in [5.74, 6) is 2.59. The molecule has 4 heteroatoms. The summed E-state index contributed by atoms with van der Waals surface area (Å²) in [6, 6.07) is 0. The summed E-state index contributed by atoms with van der Waals surface area (Å²) in [5, 5.41) is 8.43. The summed E-state index contributed by atoms with van der Waals surface area (Å²) in [4.78, 5) is 0. The molecule has 2 heterocycles. The number of rotatable bonds is 2. The molecule has 0 amide bonds. The molecule has 64 valence electrons. The normalized spacial score (nSPS) is 38.2. The van der Waals surface area contributed by atoms with Crippen LogP contribution in [0.5, 0.6) is 0 Å². The van der Waals surface area contributed by atoms with Crippen molar-refractivity contribution in [3.05, 3.63) is 0 Å². The average Bonchev–Trinajstić information content (AvgIpc) is 2.60. The molecule has 11 heavy (non-hydrogen) atoms. The van der Waals surface area contributed by atoms with E-state index in [9.17, 15) is 0 Å². The second kappa shape index (κ2) is 4.03. The molecule has 0 aromatic rings. The van der Waals surface area contributed by atoms with E-state index in [4.69, 9.17) is 0 Å². The van der Waals surface area contributed by atoms with Crippen LogP contribution in [0.2, 0.25) is 0 Å². The molecule has 2 saturated heterocycles. The molecule has 2 rings (SSSR count). The van der Waals surface area contributed by atoms with Crippen LogP contribution in [-0.4, -0.2) is 35.3 Å². The Hall–Kier alpha value is 0.620. The average molecular weight is 190 g/mol. The molecule has 0 aromatic carbocycles. The van der Waals surface area contributed by atoms with Crippen molar-refractivity contribution >= 4 is 23.5 Å². The molecule has 0 aromatic heterocycles. The third-order valence-electron chi connectivity index (χ3n) is 2.01. The second-order valence-corrected chi connectivity index (χ2v) is 5.48. The van der Waals surface area contributed by atoms with Crippen molar-refractivity contribution in [1.82, 2.24) is 10.6 Å². The molecule has 2 aliphatic heterocycles. The third-order valence-corrected chi connectivity index (χ3v) is 4.42. The summed E-state index contributed by atoms with van der Waals surface area (Å²) in [7, 11) is 0. The molecule has 2 atom stereocenters. The van der Waals surface area contributed by atoms with Crippen molar-refractivity contribution in [3.63, 3.8) is 0 Å². The van der Waals surface area contributed by atoms with E-state index in [1.807, 2.05) is 0 Å². The van der Waals surface area contributed by atoms with Crippen LogP contribution < -0.4 is 10.6 Å². The van der Waals surface area contributed by atoms with Crippen molar-refractivity contribution < 1.29 is 0 Å². The van der Waals surface area contributed by atoms with E-state index in [0.717, 1.165) is 10.7 Å². The van der Waals surface area contributed by atoms with Gasteiger partial charge in [-0.15, -0.1) is 23.5 Å². The lowest BCUT2D eigenvalue weighted by molar-refractivity contribution is 0.594. The molecular weight excluding hydrogens is 176 g/mol. The summed E-state index contributed by atoms with van der Waals surface area (Å²) in [5.41, 5.74) is 0. The minimum absolute atomic E-state index is 0.720. The van der Waals surface area contributed by atoms with Crippen LogP contribution in [0.15, 0.2) is 0 Å². The number of thioether (sulfide) groups is 2. The first-order valence-electron chi connectivity index (χ1n) is 4.15. The summed E-state index contributed by atoms with van der Waals surface area (Å²) >= 11 is 4.13. The van der Waals surface area contributed by atoms with Gasteiger partial charge in [0, 0.05) is 24.6 Å². The lowest BCUT2D eigenvalue weighted by atomic mass is 10.4. The van der Waals surface area contributed by atoms with Gasteiger partial charge in [0.05, 0.1) is 10.7 Å². The molecule has 2 unspecified atom stereocenters. The largest absolute Gasteiger partial charge is 0.304 e. The Bertz CT molecular complexity index is 106. The van der Waals surface area contributed by atoms with E-state index < -0.39 is 0 Å².